The summed E-state index contributed by atoms with van der Waals surface area (Å²) in [7, 11) is 1.99. The summed E-state index contributed by atoms with van der Waals surface area (Å²) >= 11 is 7.50. The summed E-state index contributed by atoms with van der Waals surface area (Å²) in [5.41, 5.74) is 1.90. The summed E-state index contributed by atoms with van der Waals surface area (Å²) in [5, 5.41) is 6.85. The number of nitrogens with one attached hydrogen (secondary N) is 1. The SMILES string of the molecule is CNCCC1CCN(C(=O)Cc2csc(-c3ccc(Cl)cc3)n2)CC1. The summed E-state index contributed by atoms with van der Waals surface area (Å²) in [6, 6.07) is 7.65. The molecule has 0 saturated carbocycles. The first-order valence-electron chi connectivity index (χ1n) is 8.78. The fraction of sp³-hybridized carbons (Fsp3) is 0.474. The minimum atomic E-state index is 0.194. The lowest BCUT2D eigenvalue weighted by atomic mass is 9.93. The molecule has 0 spiro atoms. The average Bonchev–Trinajstić information content (AvgIpc) is 3.09. The summed E-state index contributed by atoms with van der Waals surface area (Å²) in [4.78, 5) is 19.2. The van der Waals surface area contributed by atoms with Crippen molar-refractivity contribution in [1.29, 1.82) is 0 Å². The van der Waals surface area contributed by atoms with Gasteiger partial charge in [0.15, 0.2) is 0 Å². The first-order chi connectivity index (χ1) is 12.2. The van der Waals surface area contributed by atoms with Crippen LogP contribution in [-0.2, 0) is 11.2 Å². The number of likely N-dealkylation sites (tertiary alicyclic amines) is 1. The smallest absolute Gasteiger partial charge is 0.228 e. The number of nitrogens with zero attached hydrogens (tertiary/aromatic N) is 2. The van der Waals surface area contributed by atoms with Crippen LogP contribution in [0.3, 0.4) is 0 Å². The maximum absolute atomic E-state index is 12.5. The Morgan fingerprint density at radius 1 is 1.32 bits per heavy atom. The van der Waals surface area contributed by atoms with Gasteiger partial charge < -0.3 is 10.2 Å². The van der Waals surface area contributed by atoms with Gasteiger partial charge in [0.25, 0.3) is 0 Å². The number of piperidine rings is 1. The van der Waals surface area contributed by atoms with Crippen molar-refractivity contribution >= 4 is 28.8 Å². The molecule has 2 aromatic rings. The Balaban J connectivity index is 1.53. The number of carbonyl (C=O) groups is 1. The molecular weight excluding hydrogens is 354 g/mol. The van der Waals surface area contributed by atoms with Crippen molar-refractivity contribution < 1.29 is 4.79 Å². The summed E-state index contributed by atoms with van der Waals surface area (Å²) < 4.78 is 0. The molecule has 25 heavy (non-hydrogen) atoms. The van der Waals surface area contributed by atoms with E-state index in [1.54, 1.807) is 11.3 Å². The number of hydrogen-bond acceptors (Lipinski definition) is 4. The summed E-state index contributed by atoms with van der Waals surface area (Å²) in [6.45, 7) is 2.81. The van der Waals surface area contributed by atoms with Crippen molar-refractivity contribution in [2.24, 2.45) is 5.92 Å². The molecule has 2 heterocycles. The number of carbonyl (C=O) groups excluding carboxylic acids is 1. The average molecular weight is 378 g/mol. The number of benzene rings is 1. The number of rotatable bonds is 6. The zero-order valence-corrected chi connectivity index (χ0v) is 16.1. The zero-order chi connectivity index (χ0) is 17.6. The van der Waals surface area contributed by atoms with E-state index >= 15 is 0 Å². The molecule has 1 N–H and O–H groups in total. The van der Waals surface area contributed by atoms with E-state index in [0.717, 1.165) is 54.7 Å². The lowest BCUT2D eigenvalue weighted by molar-refractivity contribution is -0.131. The first kappa shape index (κ1) is 18.4. The van der Waals surface area contributed by atoms with Gasteiger partial charge in [0, 0.05) is 29.1 Å². The lowest BCUT2D eigenvalue weighted by Gasteiger charge is -2.32. The minimum Gasteiger partial charge on any atom is -0.342 e. The predicted octanol–water partition coefficient (Wildman–Crippen LogP) is 3.85. The van der Waals surface area contributed by atoms with Crippen LogP contribution < -0.4 is 5.32 Å². The molecule has 1 aromatic carbocycles. The Morgan fingerprint density at radius 2 is 2.04 bits per heavy atom. The van der Waals surface area contributed by atoms with Gasteiger partial charge in [-0.2, -0.15) is 0 Å². The molecule has 1 aliphatic heterocycles. The molecule has 0 atom stereocenters. The van der Waals surface area contributed by atoms with Crippen molar-refractivity contribution in [3.05, 3.63) is 40.4 Å². The number of amides is 1. The van der Waals surface area contributed by atoms with Crippen LogP contribution in [0.2, 0.25) is 5.02 Å². The molecule has 134 valence electrons. The Morgan fingerprint density at radius 3 is 2.72 bits per heavy atom. The fourth-order valence-corrected chi connectivity index (χ4v) is 4.15. The molecule has 4 nitrogen and oxygen atoms in total. The molecule has 0 radical (unpaired) electrons. The standard InChI is InChI=1S/C19H24ClN3OS/c1-21-9-6-14-7-10-23(11-8-14)18(24)12-17-13-25-19(22-17)15-2-4-16(20)5-3-15/h2-5,13-14,21H,6-12H2,1H3. The van der Waals surface area contributed by atoms with Crippen LogP contribution in [-0.4, -0.2) is 42.5 Å². The number of aromatic nitrogens is 1. The van der Waals surface area contributed by atoms with Crippen LogP contribution in [0.4, 0.5) is 0 Å². The van der Waals surface area contributed by atoms with Gasteiger partial charge in [-0.05, 0) is 50.9 Å². The molecule has 1 aliphatic rings. The van der Waals surface area contributed by atoms with Gasteiger partial charge in [-0.25, -0.2) is 4.98 Å². The quantitative estimate of drug-likeness (QED) is 0.831. The molecule has 6 heteroatoms. The maximum Gasteiger partial charge on any atom is 0.228 e. The number of thiazole rings is 1. The van der Waals surface area contributed by atoms with E-state index in [1.165, 1.54) is 6.42 Å². The lowest BCUT2D eigenvalue weighted by Crippen LogP contribution is -2.39. The highest BCUT2D eigenvalue weighted by Crippen LogP contribution is 2.26. The third kappa shape index (κ3) is 5.03. The topological polar surface area (TPSA) is 45.2 Å². The molecule has 1 amide bonds. The van der Waals surface area contributed by atoms with Crippen LogP contribution in [0, 0.1) is 5.92 Å². The van der Waals surface area contributed by atoms with Gasteiger partial charge in [0.05, 0.1) is 12.1 Å². The molecule has 0 unspecified atom stereocenters. The van der Waals surface area contributed by atoms with Crippen LogP contribution in [0.1, 0.15) is 25.0 Å². The van der Waals surface area contributed by atoms with Gasteiger partial charge >= 0.3 is 0 Å². The van der Waals surface area contributed by atoms with Gasteiger partial charge in [0.2, 0.25) is 5.91 Å². The van der Waals surface area contributed by atoms with Crippen molar-refractivity contribution in [3.63, 3.8) is 0 Å². The minimum absolute atomic E-state index is 0.194. The molecule has 0 aliphatic carbocycles. The van der Waals surface area contributed by atoms with Gasteiger partial charge in [-0.1, -0.05) is 23.7 Å². The molecule has 0 bridgehead atoms. The van der Waals surface area contributed by atoms with E-state index in [2.05, 4.69) is 10.3 Å². The summed E-state index contributed by atoms with van der Waals surface area (Å²) in [6.07, 6.45) is 3.82. The zero-order valence-electron chi connectivity index (χ0n) is 14.5. The van der Waals surface area contributed by atoms with Crippen molar-refractivity contribution in [2.45, 2.75) is 25.7 Å². The Bertz CT molecular complexity index is 693. The molecule has 3 rings (SSSR count). The van der Waals surface area contributed by atoms with Crippen molar-refractivity contribution in [1.82, 2.24) is 15.2 Å². The normalized spacial score (nSPS) is 15.5. The molecule has 1 aromatic heterocycles. The monoisotopic (exact) mass is 377 g/mol. The Labute approximate surface area is 158 Å². The third-order valence-electron chi connectivity index (χ3n) is 4.75. The van der Waals surface area contributed by atoms with E-state index < -0.39 is 0 Å². The molecule has 1 saturated heterocycles. The van der Waals surface area contributed by atoms with E-state index in [0.29, 0.717) is 11.4 Å². The third-order valence-corrected chi connectivity index (χ3v) is 5.94. The van der Waals surface area contributed by atoms with E-state index in [4.69, 9.17) is 11.6 Å². The molecule has 1 fully saturated rings. The van der Waals surface area contributed by atoms with Gasteiger partial charge in [-0.15, -0.1) is 11.3 Å². The Kier molecular flexibility index (Phi) is 6.45. The van der Waals surface area contributed by atoms with Gasteiger partial charge in [0.1, 0.15) is 5.01 Å². The second kappa shape index (κ2) is 8.79. The Hall–Kier alpha value is -1.43. The summed E-state index contributed by atoms with van der Waals surface area (Å²) in [5.74, 6) is 0.937. The second-order valence-electron chi connectivity index (χ2n) is 6.54. The largest absolute Gasteiger partial charge is 0.342 e. The van der Waals surface area contributed by atoms with E-state index in [9.17, 15) is 4.79 Å². The van der Waals surface area contributed by atoms with E-state index in [-0.39, 0.29) is 5.91 Å². The van der Waals surface area contributed by atoms with Crippen LogP contribution in [0.5, 0.6) is 0 Å². The first-order valence-corrected chi connectivity index (χ1v) is 10.0. The maximum atomic E-state index is 12.5. The highest BCUT2D eigenvalue weighted by Gasteiger charge is 2.23. The highest BCUT2D eigenvalue weighted by atomic mass is 35.5. The fourth-order valence-electron chi connectivity index (χ4n) is 3.20. The molecular formula is C19H24ClN3OS. The van der Waals surface area contributed by atoms with Crippen LogP contribution in [0.15, 0.2) is 29.6 Å². The van der Waals surface area contributed by atoms with Crippen molar-refractivity contribution in [2.75, 3.05) is 26.7 Å². The van der Waals surface area contributed by atoms with Gasteiger partial charge in [-0.3, -0.25) is 4.79 Å². The van der Waals surface area contributed by atoms with E-state index in [1.807, 2.05) is 41.6 Å². The van der Waals surface area contributed by atoms with Crippen molar-refractivity contribution in [3.8, 4) is 10.6 Å². The predicted molar refractivity (Wildman–Crippen MR) is 104 cm³/mol. The second-order valence-corrected chi connectivity index (χ2v) is 7.84. The number of hydrogen-bond donors (Lipinski definition) is 1. The van der Waals surface area contributed by atoms with Crippen LogP contribution >= 0.6 is 22.9 Å². The highest BCUT2D eigenvalue weighted by molar-refractivity contribution is 7.13. The number of halogens is 1. The van der Waals surface area contributed by atoms with Crippen LogP contribution in [0.25, 0.3) is 10.6 Å².